The van der Waals surface area contributed by atoms with E-state index in [0.29, 0.717) is 0 Å². The average Bonchev–Trinajstić information content (AvgIpc) is 1.77. The number of hydrogen-bond acceptors (Lipinski definition) is 2. The third-order valence-corrected chi connectivity index (χ3v) is 2.07. The smallest absolute Gasteiger partial charge is 0.0878 e. The quantitative estimate of drug-likeness (QED) is 0.528. The Balaban J connectivity index is 2.49. The summed E-state index contributed by atoms with van der Waals surface area (Å²) in [5, 5.41) is 9.52. The minimum Gasteiger partial charge on any atom is -0.387 e. The second-order valence-corrected chi connectivity index (χ2v) is 2.97. The highest BCUT2D eigenvalue weighted by Gasteiger charge is 2.31. The lowest BCUT2D eigenvalue weighted by molar-refractivity contribution is -0.125. The van der Waals surface area contributed by atoms with Gasteiger partial charge in [-0.2, -0.15) is 0 Å². The van der Waals surface area contributed by atoms with E-state index in [1.54, 1.807) is 0 Å². The summed E-state index contributed by atoms with van der Waals surface area (Å²) in [5.74, 6) is 0. The molecule has 0 bridgehead atoms. The van der Waals surface area contributed by atoms with E-state index in [1.165, 1.54) is 0 Å². The first-order valence-corrected chi connectivity index (χ1v) is 3.47. The van der Waals surface area contributed by atoms with Crippen LogP contribution in [0.2, 0.25) is 0 Å². The molecule has 2 nitrogen and oxygen atoms in total. The number of rotatable bonds is 0. The highest BCUT2D eigenvalue weighted by atomic mass is 16.5. The monoisotopic (exact) mass is 130 g/mol. The second kappa shape index (κ2) is 2.27. The fourth-order valence-electron chi connectivity index (χ4n) is 1.07. The van der Waals surface area contributed by atoms with Crippen molar-refractivity contribution in [3.8, 4) is 0 Å². The molecule has 0 saturated carbocycles. The van der Waals surface area contributed by atoms with E-state index in [1.807, 2.05) is 13.8 Å². The summed E-state index contributed by atoms with van der Waals surface area (Å²) in [7, 11) is 0. The molecule has 1 aliphatic rings. The standard InChI is InChI=1S/C7H14O2/c1-6-7(2,8)4-3-5-9-6/h6,8H,3-5H2,1-2H3. The Morgan fingerprint density at radius 1 is 1.67 bits per heavy atom. The average molecular weight is 130 g/mol. The Morgan fingerprint density at radius 2 is 2.33 bits per heavy atom. The van der Waals surface area contributed by atoms with Gasteiger partial charge in [-0.15, -0.1) is 0 Å². The van der Waals surface area contributed by atoms with Gasteiger partial charge in [0, 0.05) is 6.61 Å². The fraction of sp³-hybridized carbons (Fsp3) is 1.00. The zero-order valence-corrected chi connectivity index (χ0v) is 6.05. The van der Waals surface area contributed by atoms with E-state index < -0.39 is 5.60 Å². The van der Waals surface area contributed by atoms with Crippen molar-refractivity contribution in [1.82, 2.24) is 0 Å². The van der Waals surface area contributed by atoms with Crippen LogP contribution in [0.15, 0.2) is 0 Å². The molecule has 2 unspecified atom stereocenters. The zero-order valence-electron chi connectivity index (χ0n) is 6.05. The SMILES string of the molecule is CC1OCCCC1(C)O. The summed E-state index contributed by atoms with van der Waals surface area (Å²) in [4.78, 5) is 0. The van der Waals surface area contributed by atoms with Gasteiger partial charge in [-0.05, 0) is 26.7 Å². The highest BCUT2D eigenvalue weighted by molar-refractivity contribution is 4.82. The Labute approximate surface area is 55.8 Å². The topological polar surface area (TPSA) is 29.5 Å². The minimum atomic E-state index is -0.585. The van der Waals surface area contributed by atoms with E-state index in [0.717, 1.165) is 19.4 Å². The van der Waals surface area contributed by atoms with E-state index in [9.17, 15) is 5.11 Å². The molecule has 1 heterocycles. The summed E-state index contributed by atoms with van der Waals surface area (Å²) < 4.78 is 5.24. The molecule has 0 spiro atoms. The zero-order chi connectivity index (χ0) is 6.91. The maximum absolute atomic E-state index is 9.52. The molecular formula is C7H14O2. The van der Waals surface area contributed by atoms with Crippen LogP contribution in [0.5, 0.6) is 0 Å². The van der Waals surface area contributed by atoms with Crippen molar-refractivity contribution < 1.29 is 9.84 Å². The lowest BCUT2D eigenvalue weighted by Crippen LogP contribution is -2.42. The molecule has 1 rings (SSSR count). The predicted octanol–water partition coefficient (Wildman–Crippen LogP) is 0.936. The van der Waals surface area contributed by atoms with Crippen LogP contribution in [0.4, 0.5) is 0 Å². The Hall–Kier alpha value is -0.0800. The van der Waals surface area contributed by atoms with Crippen LogP contribution >= 0.6 is 0 Å². The Kier molecular flexibility index (Phi) is 1.78. The maximum Gasteiger partial charge on any atom is 0.0878 e. The van der Waals surface area contributed by atoms with Crippen LogP contribution in [-0.4, -0.2) is 23.4 Å². The van der Waals surface area contributed by atoms with Crippen molar-refractivity contribution >= 4 is 0 Å². The van der Waals surface area contributed by atoms with Gasteiger partial charge in [0.1, 0.15) is 0 Å². The minimum absolute atomic E-state index is 0.00579. The van der Waals surface area contributed by atoms with Crippen LogP contribution in [-0.2, 0) is 4.74 Å². The van der Waals surface area contributed by atoms with Gasteiger partial charge in [0.2, 0.25) is 0 Å². The summed E-state index contributed by atoms with van der Waals surface area (Å²) in [6, 6.07) is 0. The molecule has 0 aromatic heterocycles. The van der Waals surface area contributed by atoms with Crippen LogP contribution in [0.1, 0.15) is 26.7 Å². The lowest BCUT2D eigenvalue weighted by atomic mass is 9.92. The van der Waals surface area contributed by atoms with Crippen molar-refractivity contribution in [3.05, 3.63) is 0 Å². The van der Waals surface area contributed by atoms with Crippen LogP contribution in [0.3, 0.4) is 0 Å². The molecule has 1 aliphatic heterocycles. The van der Waals surface area contributed by atoms with Gasteiger partial charge >= 0.3 is 0 Å². The van der Waals surface area contributed by atoms with Gasteiger partial charge in [0.15, 0.2) is 0 Å². The van der Waals surface area contributed by atoms with Crippen molar-refractivity contribution in [1.29, 1.82) is 0 Å². The Morgan fingerprint density at radius 3 is 2.67 bits per heavy atom. The second-order valence-electron chi connectivity index (χ2n) is 2.97. The van der Waals surface area contributed by atoms with Gasteiger partial charge in [-0.25, -0.2) is 0 Å². The highest BCUT2D eigenvalue weighted by Crippen LogP contribution is 2.23. The number of ether oxygens (including phenoxy) is 1. The maximum atomic E-state index is 9.52. The van der Waals surface area contributed by atoms with Gasteiger partial charge in [-0.3, -0.25) is 0 Å². The van der Waals surface area contributed by atoms with Crippen molar-refractivity contribution in [2.75, 3.05) is 6.61 Å². The third kappa shape index (κ3) is 1.43. The molecule has 0 aromatic rings. The van der Waals surface area contributed by atoms with E-state index in [4.69, 9.17) is 4.74 Å². The fourth-order valence-corrected chi connectivity index (χ4v) is 1.07. The molecule has 0 aliphatic carbocycles. The van der Waals surface area contributed by atoms with Crippen molar-refractivity contribution in [2.24, 2.45) is 0 Å². The van der Waals surface area contributed by atoms with Crippen molar-refractivity contribution in [3.63, 3.8) is 0 Å². The molecule has 0 radical (unpaired) electrons. The van der Waals surface area contributed by atoms with Gasteiger partial charge in [0.05, 0.1) is 11.7 Å². The first kappa shape index (κ1) is 7.03. The van der Waals surface area contributed by atoms with Gasteiger partial charge in [-0.1, -0.05) is 0 Å². The molecular weight excluding hydrogens is 116 g/mol. The van der Waals surface area contributed by atoms with E-state index in [-0.39, 0.29) is 6.10 Å². The first-order valence-electron chi connectivity index (χ1n) is 3.47. The molecule has 0 amide bonds. The summed E-state index contributed by atoms with van der Waals surface area (Å²) >= 11 is 0. The van der Waals surface area contributed by atoms with E-state index >= 15 is 0 Å². The first-order chi connectivity index (χ1) is 4.13. The summed E-state index contributed by atoms with van der Waals surface area (Å²) in [6.07, 6.45) is 1.86. The van der Waals surface area contributed by atoms with Crippen LogP contribution in [0, 0.1) is 0 Å². The van der Waals surface area contributed by atoms with Gasteiger partial charge < -0.3 is 9.84 Å². The lowest BCUT2D eigenvalue weighted by Gasteiger charge is -2.34. The van der Waals surface area contributed by atoms with E-state index in [2.05, 4.69) is 0 Å². The molecule has 2 heteroatoms. The van der Waals surface area contributed by atoms with Crippen molar-refractivity contribution in [2.45, 2.75) is 38.4 Å². The summed E-state index contributed by atoms with van der Waals surface area (Å²) in [5.41, 5.74) is -0.585. The number of hydrogen-bond donors (Lipinski definition) is 1. The number of aliphatic hydroxyl groups is 1. The van der Waals surface area contributed by atoms with Crippen LogP contribution < -0.4 is 0 Å². The largest absolute Gasteiger partial charge is 0.387 e. The molecule has 1 N–H and O–H groups in total. The molecule has 0 aromatic carbocycles. The predicted molar refractivity (Wildman–Crippen MR) is 35.3 cm³/mol. The third-order valence-electron chi connectivity index (χ3n) is 2.07. The normalized spacial score (nSPS) is 45.0. The molecule has 1 saturated heterocycles. The molecule has 2 atom stereocenters. The Bertz CT molecular complexity index is 99.1. The molecule has 1 fully saturated rings. The summed E-state index contributed by atoms with van der Waals surface area (Å²) in [6.45, 7) is 4.55. The molecule has 9 heavy (non-hydrogen) atoms. The van der Waals surface area contributed by atoms with Gasteiger partial charge in [0.25, 0.3) is 0 Å². The molecule has 54 valence electrons. The van der Waals surface area contributed by atoms with Crippen LogP contribution in [0.25, 0.3) is 0 Å².